The Hall–Kier alpha value is -0.900. The first-order chi connectivity index (χ1) is 10.3. The van der Waals surface area contributed by atoms with Crippen LogP contribution < -0.4 is 5.32 Å². The summed E-state index contributed by atoms with van der Waals surface area (Å²) >= 11 is 0. The van der Waals surface area contributed by atoms with Crippen molar-refractivity contribution in [1.29, 1.82) is 0 Å². The maximum absolute atomic E-state index is 5.23. The lowest BCUT2D eigenvalue weighted by atomic mass is 9.93. The molecule has 1 fully saturated rings. The third kappa shape index (κ3) is 4.53. The Balaban J connectivity index is 2.04. The van der Waals surface area contributed by atoms with E-state index in [4.69, 9.17) is 4.74 Å². The minimum atomic E-state index is 0.489. The van der Waals surface area contributed by atoms with Crippen LogP contribution in [-0.4, -0.2) is 44.3 Å². The summed E-state index contributed by atoms with van der Waals surface area (Å²) in [6.45, 7) is 8.78. The smallest absolute Gasteiger partial charge is 0.0474 e. The molecule has 3 nitrogen and oxygen atoms in total. The second-order valence-corrected chi connectivity index (χ2v) is 6.17. The maximum Gasteiger partial charge on any atom is 0.0474 e. The Morgan fingerprint density at radius 2 is 2.10 bits per heavy atom. The van der Waals surface area contributed by atoms with Crippen LogP contribution in [0.4, 0.5) is 0 Å². The van der Waals surface area contributed by atoms with Gasteiger partial charge in [-0.1, -0.05) is 50.6 Å². The van der Waals surface area contributed by atoms with Gasteiger partial charge in [0.25, 0.3) is 0 Å². The van der Waals surface area contributed by atoms with Crippen molar-refractivity contribution >= 4 is 0 Å². The molecule has 3 unspecified atom stereocenters. The summed E-state index contributed by atoms with van der Waals surface area (Å²) in [4.78, 5) is 2.64. The number of ether oxygens (including phenoxy) is 1. The Kier molecular flexibility index (Phi) is 6.68. The first kappa shape index (κ1) is 16.5. The summed E-state index contributed by atoms with van der Waals surface area (Å²) in [6, 6.07) is 12.0. The Bertz CT molecular complexity index is 395. The first-order valence-corrected chi connectivity index (χ1v) is 8.27. The van der Waals surface area contributed by atoms with Crippen molar-refractivity contribution in [2.75, 3.05) is 33.4 Å². The fraction of sp³-hybridized carbons (Fsp3) is 0.667. The SMILES string of the molecule is CCC(C)C1CN(CCCOC)C(c2ccccc2)CN1. The van der Waals surface area contributed by atoms with Crippen LogP contribution in [0.2, 0.25) is 0 Å². The number of nitrogens with one attached hydrogen (secondary N) is 1. The molecule has 1 heterocycles. The van der Waals surface area contributed by atoms with Gasteiger partial charge >= 0.3 is 0 Å². The minimum absolute atomic E-state index is 0.489. The number of nitrogens with zero attached hydrogens (tertiary/aromatic N) is 1. The molecule has 1 aromatic carbocycles. The molecule has 3 atom stereocenters. The molecule has 2 rings (SSSR count). The Labute approximate surface area is 129 Å². The van der Waals surface area contributed by atoms with Crippen LogP contribution in [-0.2, 0) is 4.74 Å². The highest BCUT2D eigenvalue weighted by Crippen LogP contribution is 2.26. The van der Waals surface area contributed by atoms with Gasteiger partial charge in [0.15, 0.2) is 0 Å². The first-order valence-electron chi connectivity index (χ1n) is 8.27. The van der Waals surface area contributed by atoms with Crippen LogP contribution in [0.25, 0.3) is 0 Å². The van der Waals surface area contributed by atoms with Crippen molar-refractivity contribution in [3.05, 3.63) is 35.9 Å². The van der Waals surface area contributed by atoms with E-state index in [9.17, 15) is 0 Å². The van der Waals surface area contributed by atoms with Gasteiger partial charge in [0.05, 0.1) is 0 Å². The van der Waals surface area contributed by atoms with Crippen LogP contribution in [0.3, 0.4) is 0 Å². The lowest BCUT2D eigenvalue weighted by Gasteiger charge is -2.42. The largest absolute Gasteiger partial charge is 0.385 e. The van der Waals surface area contributed by atoms with E-state index in [0.717, 1.165) is 38.6 Å². The average molecular weight is 290 g/mol. The number of piperazine rings is 1. The van der Waals surface area contributed by atoms with E-state index in [-0.39, 0.29) is 0 Å². The molecule has 0 aromatic heterocycles. The van der Waals surface area contributed by atoms with E-state index in [1.54, 1.807) is 7.11 Å². The van der Waals surface area contributed by atoms with E-state index in [1.807, 2.05) is 0 Å². The van der Waals surface area contributed by atoms with Crippen molar-refractivity contribution in [2.24, 2.45) is 5.92 Å². The van der Waals surface area contributed by atoms with E-state index >= 15 is 0 Å². The summed E-state index contributed by atoms with van der Waals surface area (Å²) in [5.41, 5.74) is 1.42. The predicted octanol–water partition coefficient (Wildman–Crippen LogP) is 3.08. The van der Waals surface area contributed by atoms with Crippen LogP contribution in [0, 0.1) is 5.92 Å². The van der Waals surface area contributed by atoms with Crippen molar-refractivity contribution < 1.29 is 4.74 Å². The standard InChI is InChI=1S/C18H30N2O/c1-4-15(2)17-14-20(11-8-12-21-3)18(13-19-17)16-9-6-5-7-10-16/h5-7,9-10,15,17-19H,4,8,11-14H2,1-3H3. The lowest BCUT2D eigenvalue weighted by molar-refractivity contribution is 0.0943. The predicted molar refractivity (Wildman–Crippen MR) is 88.5 cm³/mol. The molecule has 1 aromatic rings. The number of rotatable bonds is 7. The van der Waals surface area contributed by atoms with Gasteiger partial charge in [0.1, 0.15) is 0 Å². The summed E-state index contributed by atoms with van der Waals surface area (Å²) in [5.74, 6) is 0.728. The Morgan fingerprint density at radius 1 is 1.33 bits per heavy atom. The van der Waals surface area contributed by atoms with Gasteiger partial charge in [-0.25, -0.2) is 0 Å². The number of hydrogen-bond acceptors (Lipinski definition) is 3. The molecule has 0 spiro atoms. The fourth-order valence-corrected chi connectivity index (χ4v) is 3.17. The molecular weight excluding hydrogens is 260 g/mol. The lowest BCUT2D eigenvalue weighted by Crippen LogP contribution is -2.54. The molecule has 118 valence electrons. The zero-order valence-corrected chi connectivity index (χ0v) is 13.7. The van der Waals surface area contributed by atoms with E-state index < -0.39 is 0 Å². The van der Waals surface area contributed by atoms with Gasteiger partial charge in [-0.3, -0.25) is 4.90 Å². The topological polar surface area (TPSA) is 24.5 Å². The normalized spacial score (nSPS) is 24.9. The second-order valence-electron chi connectivity index (χ2n) is 6.17. The van der Waals surface area contributed by atoms with Crippen molar-refractivity contribution in [3.8, 4) is 0 Å². The zero-order valence-electron chi connectivity index (χ0n) is 13.7. The summed E-state index contributed by atoms with van der Waals surface area (Å²) in [5, 5.41) is 3.77. The van der Waals surface area contributed by atoms with Gasteiger partial charge in [-0.15, -0.1) is 0 Å². The van der Waals surface area contributed by atoms with Crippen LogP contribution in [0.5, 0.6) is 0 Å². The summed E-state index contributed by atoms with van der Waals surface area (Å²) < 4.78 is 5.23. The number of methoxy groups -OCH3 is 1. The molecule has 1 aliphatic rings. The molecular formula is C18H30N2O. The highest BCUT2D eigenvalue weighted by molar-refractivity contribution is 5.20. The molecule has 0 bridgehead atoms. The molecule has 1 N–H and O–H groups in total. The average Bonchev–Trinajstić information content (AvgIpc) is 2.55. The van der Waals surface area contributed by atoms with Gasteiger partial charge in [-0.2, -0.15) is 0 Å². The molecule has 3 heteroatoms. The van der Waals surface area contributed by atoms with Crippen LogP contribution >= 0.6 is 0 Å². The van der Waals surface area contributed by atoms with Gasteiger partial charge in [0, 0.05) is 45.4 Å². The number of hydrogen-bond donors (Lipinski definition) is 1. The van der Waals surface area contributed by atoms with E-state index in [2.05, 4.69) is 54.4 Å². The van der Waals surface area contributed by atoms with E-state index in [1.165, 1.54) is 12.0 Å². The monoisotopic (exact) mass is 290 g/mol. The number of benzene rings is 1. The zero-order chi connectivity index (χ0) is 15.1. The van der Waals surface area contributed by atoms with E-state index in [0.29, 0.717) is 12.1 Å². The molecule has 0 amide bonds. The third-order valence-corrected chi connectivity index (χ3v) is 4.75. The summed E-state index contributed by atoms with van der Waals surface area (Å²) in [7, 11) is 1.79. The molecule has 1 aliphatic heterocycles. The van der Waals surface area contributed by atoms with Gasteiger partial charge < -0.3 is 10.1 Å². The second kappa shape index (κ2) is 8.52. The third-order valence-electron chi connectivity index (χ3n) is 4.75. The highest BCUT2D eigenvalue weighted by atomic mass is 16.5. The van der Waals surface area contributed by atoms with Crippen LogP contribution in [0.15, 0.2) is 30.3 Å². The molecule has 21 heavy (non-hydrogen) atoms. The minimum Gasteiger partial charge on any atom is -0.385 e. The molecule has 0 radical (unpaired) electrons. The quantitative estimate of drug-likeness (QED) is 0.781. The highest BCUT2D eigenvalue weighted by Gasteiger charge is 2.30. The van der Waals surface area contributed by atoms with Gasteiger partial charge in [0.2, 0.25) is 0 Å². The van der Waals surface area contributed by atoms with Crippen LogP contribution in [0.1, 0.15) is 38.3 Å². The van der Waals surface area contributed by atoms with Crippen molar-refractivity contribution in [2.45, 2.75) is 38.8 Å². The molecule has 0 aliphatic carbocycles. The van der Waals surface area contributed by atoms with Crippen molar-refractivity contribution in [3.63, 3.8) is 0 Å². The molecule has 1 saturated heterocycles. The van der Waals surface area contributed by atoms with Gasteiger partial charge in [-0.05, 0) is 17.9 Å². The van der Waals surface area contributed by atoms with Crippen molar-refractivity contribution in [1.82, 2.24) is 10.2 Å². The molecule has 0 saturated carbocycles. The fourth-order valence-electron chi connectivity index (χ4n) is 3.17. The maximum atomic E-state index is 5.23. The Morgan fingerprint density at radius 3 is 2.76 bits per heavy atom. The summed E-state index contributed by atoms with van der Waals surface area (Å²) in [6.07, 6.45) is 2.34.